The van der Waals surface area contributed by atoms with Crippen LogP contribution in [0.2, 0.25) is 0 Å². The lowest BCUT2D eigenvalue weighted by atomic mass is 10.1. The van der Waals surface area contributed by atoms with E-state index in [-0.39, 0.29) is 31.3 Å². The van der Waals surface area contributed by atoms with Crippen LogP contribution in [0.5, 0.6) is 0 Å². The van der Waals surface area contributed by atoms with Crippen molar-refractivity contribution in [3.8, 4) is 0 Å². The summed E-state index contributed by atoms with van der Waals surface area (Å²) in [6.45, 7) is 1.93. The number of benzene rings is 3. The Hall–Kier alpha value is -4.46. The minimum absolute atomic E-state index is 0.126. The van der Waals surface area contributed by atoms with Crippen molar-refractivity contribution in [3.63, 3.8) is 0 Å². The van der Waals surface area contributed by atoms with E-state index in [1.807, 2.05) is 61.5 Å². The average Bonchev–Trinajstić information content (AvgIpc) is 2.91. The van der Waals surface area contributed by atoms with Gasteiger partial charge in [-0.2, -0.15) is 0 Å². The second kappa shape index (κ2) is 12.0. The quantitative estimate of drug-likeness (QED) is 0.320. The van der Waals surface area contributed by atoms with Gasteiger partial charge in [0, 0.05) is 24.3 Å². The summed E-state index contributed by atoms with van der Waals surface area (Å²) in [7, 11) is 0. The van der Waals surface area contributed by atoms with E-state index < -0.39 is 11.2 Å². The van der Waals surface area contributed by atoms with Crippen LogP contribution < -0.4 is 21.9 Å². The molecule has 3 aromatic carbocycles. The molecule has 190 valence electrons. The maximum absolute atomic E-state index is 13.4. The molecule has 0 atom stereocenters. The smallest absolute Gasteiger partial charge is 0.326 e. The number of para-hydroxylation sites is 3. The predicted molar refractivity (Wildman–Crippen MR) is 146 cm³/mol. The minimum atomic E-state index is -0.545. The molecule has 0 radical (unpaired) electrons. The Morgan fingerprint density at radius 3 is 2.24 bits per heavy atom. The molecule has 0 aliphatic heterocycles. The fraction of sp³-hybridized carbons (Fsp3) is 0.241. The van der Waals surface area contributed by atoms with Crippen LogP contribution in [0.15, 0.2) is 88.5 Å². The highest BCUT2D eigenvalue weighted by Gasteiger charge is 2.16. The topological polar surface area (TPSA) is 102 Å². The van der Waals surface area contributed by atoms with Gasteiger partial charge in [0.1, 0.15) is 6.54 Å². The predicted octanol–water partition coefficient (Wildman–Crippen LogP) is 4.17. The van der Waals surface area contributed by atoms with Crippen LogP contribution in [-0.4, -0.2) is 20.9 Å². The highest BCUT2D eigenvalue weighted by atomic mass is 16.2. The zero-order valence-electron chi connectivity index (χ0n) is 20.8. The lowest BCUT2D eigenvalue weighted by Gasteiger charge is -2.15. The molecule has 0 aliphatic rings. The molecule has 8 nitrogen and oxygen atoms in total. The molecule has 0 fully saturated rings. The molecule has 2 N–H and O–H groups in total. The molecule has 0 spiro atoms. The van der Waals surface area contributed by atoms with Crippen LogP contribution in [0.25, 0.3) is 10.9 Å². The molecular formula is C29H30N4O4. The summed E-state index contributed by atoms with van der Waals surface area (Å²) in [4.78, 5) is 51.6. The highest BCUT2D eigenvalue weighted by Crippen LogP contribution is 2.16. The first-order valence-electron chi connectivity index (χ1n) is 12.4. The Morgan fingerprint density at radius 2 is 1.46 bits per heavy atom. The maximum atomic E-state index is 13.4. The number of carbonyl (C=O) groups is 2. The van der Waals surface area contributed by atoms with Crippen molar-refractivity contribution >= 4 is 34.1 Å². The Morgan fingerprint density at radius 1 is 0.757 bits per heavy atom. The number of nitrogens with zero attached hydrogens (tertiary/aromatic N) is 2. The van der Waals surface area contributed by atoms with Crippen LogP contribution in [0, 0.1) is 0 Å². The van der Waals surface area contributed by atoms with Crippen molar-refractivity contribution in [2.24, 2.45) is 0 Å². The molecular weight excluding hydrogens is 468 g/mol. The highest BCUT2D eigenvalue weighted by molar-refractivity contribution is 5.92. The van der Waals surface area contributed by atoms with Gasteiger partial charge in [-0.3, -0.25) is 23.5 Å². The van der Waals surface area contributed by atoms with Gasteiger partial charge in [-0.1, -0.05) is 55.5 Å². The summed E-state index contributed by atoms with van der Waals surface area (Å²) in [5.41, 5.74) is 1.89. The van der Waals surface area contributed by atoms with Crippen LogP contribution in [0.4, 0.5) is 11.4 Å². The molecule has 1 heterocycles. The summed E-state index contributed by atoms with van der Waals surface area (Å²) in [6, 6.07) is 23.5. The third-order valence-electron chi connectivity index (χ3n) is 6.20. The molecule has 37 heavy (non-hydrogen) atoms. The molecule has 4 aromatic rings. The third kappa shape index (κ3) is 6.22. The van der Waals surface area contributed by atoms with Gasteiger partial charge in [-0.05, 0) is 55.2 Å². The van der Waals surface area contributed by atoms with E-state index in [2.05, 4.69) is 10.6 Å². The molecule has 0 saturated heterocycles. The van der Waals surface area contributed by atoms with E-state index in [1.165, 1.54) is 4.57 Å². The second-order valence-corrected chi connectivity index (χ2v) is 8.77. The Labute approximate surface area is 214 Å². The van der Waals surface area contributed by atoms with Crippen molar-refractivity contribution in [2.75, 3.05) is 10.6 Å². The Balaban J connectivity index is 1.49. The van der Waals surface area contributed by atoms with Gasteiger partial charge in [0.25, 0.3) is 5.56 Å². The molecule has 4 rings (SSSR count). The van der Waals surface area contributed by atoms with Gasteiger partial charge < -0.3 is 10.6 Å². The molecule has 0 bridgehead atoms. The average molecular weight is 499 g/mol. The maximum Gasteiger partial charge on any atom is 0.331 e. The number of unbranched alkanes of at least 4 members (excludes halogenated alkanes) is 1. The van der Waals surface area contributed by atoms with Crippen LogP contribution in [0.3, 0.4) is 0 Å². The first-order valence-corrected chi connectivity index (χ1v) is 12.4. The van der Waals surface area contributed by atoms with E-state index >= 15 is 0 Å². The fourth-order valence-corrected chi connectivity index (χ4v) is 4.31. The van der Waals surface area contributed by atoms with Gasteiger partial charge in [-0.25, -0.2) is 4.79 Å². The lowest BCUT2D eigenvalue weighted by molar-refractivity contribution is -0.117. The molecule has 0 saturated carbocycles. The van der Waals surface area contributed by atoms with Gasteiger partial charge in [0.15, 0.2) is 0 Å². The summed E-state index contributed by atoms with van der Waals surface area (Å²) in [5, 5.41) is 6.08. The van der Waals surface area contributed by atoms with Crippen molar-refractivity contribution in [1.82, 2.24) is 9.13 Å². The number of fused-ring (bicyclic) bond motifs is 1. The van der Waals surface area contributed by atoms with Gasteiger partial charge in [-0.15, -0.1) is 0 Å². The zero-order valence-corrected chi connectivity index (χ0v) is 20.8. The fourth-order valence-electron chi connectivity index (χ4n) is 4.31. The normalized spacial score (nSPS) is 10.8. The van der Waals surface area contributed by atoms with Crippen molar-refractivity contribution in [3.05, 3.63) is 105 Å². The van der Waals surface area contributed by atoms with E-state index in [0.29, 0.717) is 29.4 Å². The SMILES string of the molecule is CCc1ccccc1NC(=O)Cn1c(=O)n(CCCCC(=O)Nc2ccccc2)c(=O)c2ccccc21. The Bertz CT molecular complexity index is 1520. The zero-order chi connectivity index (χ0) is 26.2. The van der Waals surface area contributed by atoms with Gasteiger partial charge in [0.05, 0.1) is 10.9 Å². The third-order valence-corrected chi connectivity index (χ3v) is 6.20. The van der Waals surface area contributed by atoms with E-state index in [0.717, 1.165) is 22.2 Å². The van der Waals surface area contributed by atoms with Gasteiger partial charge in [0.2, 0.25) is 11.8 Å². The summed E-state index contributed by atoms with van der Waals surface area (Å²) < 4.78 is 2.49. The first-order chi connectivity index (χ1) is 18.0. The lowest BCUT2D eigenvalue weighted by Crippen LogP contribution is -2.41. The molecule has 0 aliphatic carbocycles. The van der Waals surface area contributed by atoms with Crippen LogP contribution in [0.1, 0.15) is 31.7 Å². The molecule has 2 amide bonds. The van der Waals surface area contributed by atoms with Crippen molar-refractivity contribution in [1.29, 1.82) is 0 Å². The number of aryl methyl sites for hydroxylation is 1. The number of anilines is 2. The van der Waals surface area contributed by atoms with E-state index in [9.17, 15) is 19.2 Å². The number of carbonyl (C=O) groups excluding carboxylic acids is 2. The number of hydrogen-bond acceptors (Lipinski definition) is 4. The molecule has 8 heteroatoms. The Kier molecular flexibility index (Phi) is 8.30. The second-order valence-electron chi connectivity index (χ2n) is 8.77. The summed E-state index contributed by atoms with van der Waals surface area (Å²) in [6.07, 6.45) is 2.00. The van der Waals surface area contributed by atoms with E-state index in [4.69, 9.17) is 0 Å². The summed E-state index contributed by atoms with van der Waals surface area (Å²) >= 11 is 0. The van der Waals surface area contributed by atoms with Gasteiger partial charge >= 0.3 is 5.69 Å². The monoisotopic (exact) mass is 498 g/mol. The molecule has 0 unspecified atom stereocenters. The van der Waals surface area contributed by atoms with Crippen molar-refractivity contribution < 1.29 is 9.59 Å². The van der Waals surface area contributed by atoms with Crippen molar-refractivity contribution in [2.45, 2.75) is 45.7 Å². The largest absolute Gasteiger partial charge is 0.331 e. The first kappa shape index (κ1) is 25.6. The van der Waals surface area contributed by atoms with Crippen LogP contribution >= 0.6 is 0 Å². The number of hydrogen-bond donors (Lipinski definition) is 2. The number of rotatable bonds is 10. The standard InChI is InChI=1S/C29H30N4O4/c1-2-21-12-6-8-16-24(21)31-27(35)20-33-25-17-9-7-15-23(25)28(36)32(29(33)37)19-11-10-18-26(34)30-22-13-4-3-5-14-22/h3-9,12-17H,2,10-11,18-20H2,1H3,(H,30,34)(H,31,35). The minimum Gasteiger partial charge on any atom is -0.326 e. The number of amides is 2. The number of nitrogens with one attached hydrogen (secondary N) is 2. The molecule has 1 aromatic heterocycles. The van der Waals surface area contributed by atoms with E-state index in [1.54, 1.807) is 24.3 Å². The number of aromatic nitrogens is 2. The van der Waals surface area contributed by atoms with Crippen LogP contribution in [-0.2, 0) is 29.1 Å². The summed E-state index contributed by atoms with van der Waals surface area (Å²) in [5.74, 6) is -0.477.